The summed E-state index contributed by atoms with van der Waals surface area (Å²) in [6, 6.07) is 7.78. The first kappa shape index (κ1) is 21.8. The molecule has 0 aliphatic rings. The number of sulfone groups is 1. The molecule has 160 valence electrons. The number of carbonyl (C=O) groups is 1. The lowest BCUT2D eigenvalue weighted by atomic mass is 10.1. The Morgan fingerprint density at radius 2 is 1.84 bits per heavy atom. The average molecular weight is 453 g/mol. The number of benzene rings is 2. The molecule has 0 saturated carbocycles. The van der Waals surface area contributed by atoms with Crippen LogP contribution in [0.15, 0.2) is 46.1 Å². The number of hydrogen-bond acceptors (Lipinski definition) is 7. The molecule has 0 saturated heterocycles. The van der Waals surface area contributed by atoms with Crippen molar-refractivity contribution in [3.8, 4) is 17.5 Å². The number of fused-ring (bicyclic) bond motifs is 1. The molecule has 1 heterocycles. The number of carboxylic acids is 1. The third-order valence-corrected chi connectivity index (χ3v) is 5.12. The van der Waals surface area contributed by atoms with Crippen molar-refractivity contribution in [2.24, 2.45) is 0 Å². The van der Waals surface area contributed by atoms with Crippen molar-refractivity contribution in [2.45, 2.75) is 11.3 Å². The quantitative estimate of drug-likeness (QED) is 0.635. The minimum Gasteiger partial charge on any atom is -0.476 e. The van der Waals surface area contributed by atoms with Crippen LogP contribution in [-0.2, 0) is 9.84 Å². The highest BCUT2D eigenvalue weighted by Gasteiger charge is 2.31. The van der Waals surface area contributed by atoms with Gasteiger partial charge in [-0.15, -0.1) is 13.2 Å². The third kappa shape index (κ3) is 4.33. The molecule has 2 aromatic carbocycles. The maximum atomic E-state index is 12.7. The standard InChI is InChI=1S/C18H10F3N3O6S/c1-31(28,29)13-7-9(8-22)6-12-14(13)16(25)15(17(26)27)23-24(12)10-2-4-11(5-3-10)30-18(19,20)21/h2-7H,1H3,(H,26,27). The SMILES string of the molecule is CS(=O)(=O)c1cc(C#N)cc2c1c(=O)c(C(=O)O)nn2-c1ccc(OC(F)(F)F)cc1. The predicted molar refractivity (Wildman–Crippen MR) is 98.8 cm³/mol. The Labute approximate surface area is 171 Å². The van der Waals surface area contributed by atoms with Crippen molar-refractivity contribution in [1.29, 1.82) is 5.26 Å². The molecule has 3 aromatic rings. The Morgan fingerprint density at radius 3 is 2.32 bits per heavy atom. The van der Waals surface area contributed by atoms with E-state index in [0.29, 0.717) is 0 Å². The van der Waals surface area contributed by atoms with E-state index >= 15 is 0 Å². The number of aromatic nitrogens is 2. The van der Waals surface area contributed by atoms with Gasteiger partial charge in [0.15, 0.2) is 9.84 Å². The van der Waals surface area contributed by atoms with Crippen LogP contribution in [0.3, 0.4) is 0 Å². The van der Waals surface area contributed by atoms with Gasteiger partial charge in [-0.3, -0.25) is 4.79 Å². The fourth-order valence-electron chi connectivity index (χ4n) is 2.80. The fraction of sp³-hybridized carbons (Fsp3) is 0.111. The molecule has 0 aliphatic heterocycles. The van der Waals surface area contributed by atoms with Gasteiger partial charge in [-0.2, -0.15) is 10.4 Å². The van der Waals surface area contributed by atoms with Gasteiger partial charge in [0.25, 0.3) is 0 Å². The molecule has 0 atom stereocenters. The van der Waals surface area contributed by atoms with E-state index in [9.17, 15) is 41.5 Å². The van der Waals surface area contributed by atoms with Gasteiger partial charge in [-0.1, -0.05) is 0 Å². The van der Waals surface area contributed by atoms with E-state index in [-0.39, 0.29) is 16.8 Å². The van der Waals surface area contributed by atoms with Gasteiger partial charge in [-0.25, -0.2) is 17.9 Å². The van der Waals surface area contributed by atoms with Crippen LogP contribution >= 0.6 is 0 Å². The Kier molecular flexibility index (Phi) is 5.20. The maximum Gasteiger partial charge on any atom is 0.573 e. The lowest BCUT2D eigenvalue weighted by molar-refractivity contribution is -0.274. The molecule has 0 bridgehead atoms. The summed E-state index contributed by atoms with van der Waals surface area (Å²) >= 11 is 0. The number of carboxylic acid groups (broad SMARTS) is 1. The average Bonchev–Trinajstić information content (AvgIpc) is 2.66. The van der Waals surface area contributed by atoms with E-state index in [2.05, 4.69) is 9.84 Å². The van der Waals surface area contributed by atoms with Crippen molar-refractivity contribution < 1.29 is 36.2 Å². The first-order valence-electron chi connectivity index (χ1n) is 8.12. The number of nitriles is 1. The second kappa shape index (κ2) is 7.40. The smallest absolute Gasteiger partial charge is 0.476 e. The van der Waals surface area contributed by atoms with Gasteiger partial charge in [0.2, 0.25) is 11.1 Å². The van der Waals surface area contributed by atoms with Crippen LogP contribution in [0.4, 0.5) is 13.2 Å². The molecule has 3 rings (SSSR count). The molecule has 0 fully saturated rings. The molecule has 0 spiro atoms. The number of rotatable bonds is 4. The Hall–Kier alpha value is -3.92. The van der Waals surface area contributed by atoms with E-state index in [1.807, 2.05) is 0 Å². The molecule has 1 aromatic heterocycles. The molecule has 0 unspecified atom stereocenters. The van der Waals surface area contributed by atoms with E-state index < -0.39 is 49.3 Å². The predicted octanol–water partition coefficient (Wildman–Crippen LogP) is 2.26. The zero-order valence-corrected chi connectivity index (χ0v) is 16.2. The number of halogens is 3. The summed E-state index contributed by atoms with van der Waals surface area (Å²) in [5.74, 6) is -2.32. The van der Waals surface area contributed by atoms with Gasteiger partial charge >= 0.3 is 12.3 Å². The molecule has 13 heteroatoms. The normalized spacial score (nSPS) is 11.8. The lowest BCUT2D eigenvalue weighted by Gasteiger charge is -2.14. The summed E-state index contributed by atoms with van der Waals surface area (Å²) in [6.07, 6.45) is -4.16. The monoisotopic (exact) mass is 453 g/mol. The van der Waals surface area contributed by atoms with Crippen LogP contribution in [0.25, 0.3) is 16.6 Å². The van der Waals surface area contributed by atoms with Gasteiger partial charge in [0, 0.05) is 6.26 Å². The van der Waals surface area contributed by atoms with Gasteiger partial charge < -0.3 is 9.84 Å². The molecule has 31 heavy (non-hydrogen) atoms. The maximum absolute atomic E-state index is 12.7. The second-order valence-corrected chi connectivity index (χ2v) is 8.17. The topological polar surface area (TPSA) is 139 Å². The zero-order valence-electron chi connectivity index (χ0n) is 15.3. The number of ether oxygens (including phenoxy) is 1. The number of hydrogen-bond donors (Lipinski definition) is 1. The summed E-state index contributed by atoms with van der Waals surface area (Å²) < 4.78 is 66.2. The summed E-state index contributed by atoms with van der Waals surface area (Å²) in [5, 5.41) is 21.8. The highest BCUT2D eigenvalue weighted by Crippen LogP contribution is 2.27. The molecule has 9 nitrogen and oxygen atoms in total. The van der Waals surface area contributed by atoms with Crippen LogP contribution < -0.4 is 10.2 Å². The highest BCUT2D eigenvalue weighted by molar-refractivity contribution is 7.91. The summed E-state index contributed by atoms with van der Waals surface area (Å²) in [7, 11) is -4.08. The highest BCUT2D eigenvalue weighted by atomic mass is 32.2. The number of nitrogens with zero attached hydrogens (tertiary/aromatic N) is 3. The van der Waals surface area contributed by atoms with E-state index in [0.717, 1.165) is 47.3 Å². The Balaban J connectivity index is 2.41. The first-order chi connectivity index (χ1) is 14.3. The van der Waals surface area contributed by atoms with Crippen molar-refractivity contribution in [1.82, 2.24) is 9.78 Å². The van der Waals surface area contributed by atoms with Crippen LogP contribution in [0, 0.1) is 11.3 Å². The van der Waals surface area contributed by atoms with Gasteiger partial charge in [-0.05, 0) is 36.4 Å². The van der Waals surface area contributed by atoms with E-state index in [1.165, 1.54) is 0 Å². The minimum absolute atomic E-state index is 0.0171. The Bertz CT molecular complexity index is 1420. The summed E-state index contributed by atoms with van der Waals surface area (Å²) in [6.45, 7) is 0. The fourth-order valence-corrected chi connectivity index (χ4v) is 3.71. The summed E-state index contributed by atoms with van der Waals surface area (Å²) in [4.78, 5) is 23.6. The zero-order chi connectivity index (χ0) is 23.1. The molecular formula is C18H10F3N3O6S. The molecule has 0 amide bonds. The third-order valence-electron chi connectivity index (χ3n) is 4.00. The van der Waals surface area contributed by atoms with Gasteiger partial charge in [0.1, 0.15) is 5.75 Å². The van der Waals surface area contributed by atoms with Crippen molar-refractivity contribution >= 4 is 26.7 Å². The summed E-state index contributed by atoms with van der Waals surface area (Å²) in [5.41, 5.74) is -2.61. The van der Waals surface area contributed by atoms with Crippen molar-refractivity contribution in [3.63, 3.8) is 0 Å². The van der Waals surface area contributed by atoms with Gasteiger partial charge in [0.05, 0.1) is 33.1 Å². The van der Waals surface area contributed by atoms with E-state index in [4.69, 9.17) is 0 Å². The number of aromatic carboxylic acids is 1. The molecular weight excluding hydrogens is 443 g/mol. The molecule has 0 radical (unpaired) electrons. The largest absolute Gasteiger partial charge is 0.573 e. The number of alkyl halides is 3. The first-order valence-corrected chi connectivity index (χ1v) is 10.0. The van der Waals surface area contributed by atoms with Crippen LogP contribution in [0.2, 0.25) is 0 Å². The van der Waals surface area contributed by atoms with Crippen LogP contribution in [0.5, 0.6) is 5.75 Å². The van der Waals surface area contributed by atoms with Crippen molar-refractivity contribution in [3.05, 3.63) is 57.9 Å². The van der Waals surface area contributed by atoms with Crippen LogP contribution in [-0.4, -0.2) is 41.9 Å². The molecule has 1 N–H and O–H groups in total. The van der Waals surface area contributed by atoms with E-state index in [1.54, 1.807) is 6.07 Å². The second-order valence-electron chi connectivity index (χ2n) is 6.19. The van der Waals surface area contributed by atoms with Crippen molar-refractivity contribution in [2.75, 3.05) is 6.26 Å². The minimum atomic E-state index is -4.94. The van der Waals surface area contributed by atoms with Crippen LogP contribution in [0.1, 0.15) is 16.1 Å². The lowest BCUT2D eigenvalue weighted by Crippen LogP contribution is -2.24. The molecule has 0 aliphatic carbocycles. The Morgan fingerprint density at radius 1 is 1.23 bits per heavy atom.